The van der Waals surface area contributed by atoms with Crippen LogP contribution in [0.1, 0.15) is 26.2 Å². The first-order valence-electron chi connectivity index (χ1n) is 5.18. The van der Waals surface area contributed by atoms with Gasteiger partial charge in [0.05, 0.1) is 5.25 Å². The Morgan fingerprint density at radius 3 is 2.40 bits per heavy atom. The molecule has 1 rings (SSSR count). The number of nitrogens with zero attached hydrogens (tertiary/aromatic N) is 1. The van der Waals surface area contributed by atoms with Gasteiger partial charge >= 0.3 is 0 Å². The normalized spacial score (nSPS) is 20.1. The van der Waals surface area contributed by atoms with Gasteiger partial charge in [0.25, 0.3) is 0 Å². The maximum atomic E-state index is 11.7. The highest BCUT2D eigenvalue weighted by atomic mass is 32.2. The number of likely N-dealkylation sites (tertiary alicyclic amines) is 1. The average molecular weight is 234 g/mol. The predicted octanol–water partition coefficient (Wildman–Crippen LogP) is -0.0634. The summed E-state index contributed by atoms with van der Waals surface area (Å²) in [5.74, 6) is -0.422. The van der Waals surface area contributed by atoms with Crippen molar-refractivity contribution in [2.75, 3.05) is 20.1 Å². The maximum absolute atomic E-state index is 11.7. The van der Waals surface area contributed by atoms with Crippen LogP contribution in [0.5, 0.6) is 0 Å². The van der Waals surface area contributed by atoms with Crippen molar-refractivity contribution in [1.29, 1.82) is 0 Å². The molecular weight excluding hydrogens is 216 g/mol. The second kappa shape index (κ2) is 4.94. The first kappa shape index (κ1) is 12.4. The van der Waals surface area contributed by atoms with E-state index in [1.54, 1.807) is 6.92 Å². The number of rotatable bonds is 3. The number of amides is 1. The average Bonchev–Trinajstić information content (AvgIpc) is 2.17. The molecule has 88 valence electrons. The van der Waals surface area contributed by atoms with Crippen molar-refractivity contribution >= 4 is 15.9 Å². The maximum Gasteiger partial charge on any atom is 0.237 e. The lowest BCUT2D eigenvalue weighted by molar-refractivity contribution is -0.119. The highest BCUT2D eigenvalue weighted by Gasteiger charge is 2.29. The Morgan fingerprint density at radius 2 is 1.93 bits per heavy atom. The van der Waals surface area contributed by atoms with E-state index >= 15 is 0 Å². The third kappa shape index (κ3) is 3.46. The van der Waals surface area contributed by atoms with E-state index in [9.17, 15) is 13.2 Å². The van der Waals surface area contributed by atoms with Crippen molar-refractivity contribution in [3.63, 3.8) is 0 Å². The van der Waals surface area contributed by atoms with E-state index < -0.39 is 21.2 Å². The summed E-state index contributed by atoms with van der Waals surface area (Å²) in [6.45, 7) is 3.18. The fourth-order valence-corrected chi connectivity index (χ4v) is 3.07. The Morgan fingerprint density at radius 1 is 1.40 bits per heavy atom. The number of sulfonamides is 1. The van der Waals surface area contributed by atoms with Crippen LogP contribution >= 0.6 is 0 Å². The van der Waals surface area contributed by atoms with E-state index in [1.165, 1.54) is 0 Å². The van der Waals surface area contributed by atoms with E-state index in [0.29, 0.717) is 12.8 Å². The molecule has 1 aliphatic rings. The van der Waals surface area contributed by atoms with E-state index in [2.05, 4.69) is 9.62 Å². The van der Waals surface area contributed by atoms with Crippen molar-refractivity contribution in [3.8, 4) is 0 Å². The molecule has 1 fully saturated rings. The molecule has 0 aromatic rings. The summed E-state index contributed by atoms with van der Waals surface area (Å²) in [5, 5.41) is -0.413. The van der Waals surface area contributed by atoms with Crippen molar-refractivity contribution in [2.45, 2.75) is 31.4 Å². The molecule has 1 amide bonds. The van der Waals surface area contributed by atoms with Crippen LogP contribution in [-0.4, -0.2) is 44.6 Å². The fraction of sp³-hybridized carbons (Fsp3) is 0.889. The molecule has 0 aliphatic carbocycles. The lowest BCUT2D eigenvalue weighted by Gasteiger charge is -2.28. The molecular formula is C9H18N2O3S. The van der Waals surface area contributed by atoms with Gasteiger partial charge in [0.2, 0.25) is 15.9 Å². The molecule has 15 heavy (non-hydrogen) atoms. The highest BCUT2D eigenvalue weighted by Crippen LogP contribution is 2.15. The minimum atomic E-state index is -3.44. The molecule has 6 heteroatoms. The van der Waals surface area contributed by atoms with Crippen LogP contribution in [0.4, 0.5) is 0 Å². The molecule has 0 aromatic carbocycles. The zero-order valence-electron chi connectivity index (χ0n) is 9.19. The van der Waals surface area contributed by atoms with Crippen LogP contribution in [0.3, 0.4) is 0 Å². The molecule has 0 atom stereocenters. The summed E-state index contributed by atoms with van der Waals surface area (Å²) in [4.78, 5) is 13.1. The molecule has 1 aliphatic heterocycles. The van der Waals surface area contributed by atoms with Crippen LogP contribution in [0.25, 0.3) is 0 Å². The number of carbonyl (C=O) groups is 1. The van der Waals surface area contributed by atoms with Gasteiger partial charge in [0, 0.05) is 6.42 Å². The molecule has 0 spiro atoms. The zero-order valence-corrected chi connectivity index (χ0v) is 10.0. The largest absolute Gasteiger partial charge is 0.306 e. The van der Waals surface area contributed by atoms with Crippen molar-refractivity contribution in [3.05, 3.63) is 0 Å². The summed E-state index contributed by atoms with van der Waals surface area (Å²) in [6.07, 6.45) is 1.40. The van der Waals surface area contributed by atoms with Gasteiger partial charge < -0.3 is 4.90 Å². The Balaban J connectivity index is 2.58. The van der Waals surface area contributed by atoms with Gasteiger partial charge in [-0.2, -0.15) is 0 Å². The molecule has 1 heterocycles. The lowest BCUT2D eigenvalue weighted by Crippen LogP contribution is -2.43. The SMILES string of the molecule is CCC(=O)NS(=O)(=O)C1CCN(C)CC1. The van der Waals surface area contributed by atoms with E-state index in [-0.39, 0.29) is 6.42 Å². The Kier molecular flexibility index (Phi) is 4.10. The Bertz CT molecular complexity index is 318. The number of hydrogen-bond donors (Lipinski definition) is 1. The van der Waals surface area contributed by atoms with E-state index in [1.807, 2.05) is 7.05 Å². The van der Waals surface area contributed by atoms with Gasteiger partial charge in [0.1, 0.15) is 0 Å². The van der Waals surface area contributed by atoms with Gasteiger partial charge in [-0.25, -0.2) is 8.42 Å². The number of carbonyl (C=O) groups excluding carboxylic acids is 1. The summed E-state index contributed by atoms with van der Waals surface area (Å²) >= 11 is 0. The van der Waals surface area contributed by atoms with Crippen molar-refractivity contribution < 1.29 is 13.2 Å². The molecule has 0 unspecified atom stereocenters. The van der Waals surface area contributed by atoms with Crippen LogP contribution < -0.4 is 4.72 Å². The second-order valence-corrected chi connectivity index (χ2v) is 5.89. The summed E-state index contributed by atoms with van der Waals surface area (Å²) < 4.78 is 25.5. The van der Waals surface area contributed by atoms with E-state index in [4.69, 9.17) is 0 Å². The molecule has 0 bridgehead atoms. The minimum absolute atomic E-state index is 0.200. The third-order valence-corrected chi connectivity index (χ3v) is 4.54. The van der Waals surface area contributed by atoms with Crippen molar-refractivity contribution in [1.82, 2.24) is 9.62 Å². The van der Waals surface area contributed by atoms with Gasteiger partial charge in [-0.1, -0.05) is 6.92 Å². The van der Waals surface area contributed by atoms with Crippen LogP contribution in [-0.2, 0) is 14.8 Å². The molecule has 0 radical (unpaired) electrons. The first-order chi connectivity index (χ1) is 6.95. The zero-order chi connectivity index (χ0) is 11.5. The molecule has 5 nitrogen and oxygen atoms in total. The smallest absolute Gasteiger partial charge is 0.237 e. The Labute approximate surface area is 90.9 Å². The van der Waals surface area contributed by atoms with Crippen LogP contribution in [0.2, 0.25) is 0 Å². The molecule has 0 saturated carbocycles. The summed E-state index contributed by atoms with van der Waals surface area (Å²) in [7, 11) is -1.48. The molecule has 1 saturated heterocycles. The standard InChI is InChI=1S/C9H18N2O3S/c1-3-9(12)10-15(13,14)8-4-6-11(2)7-5-8/h8H,3-7H2,1-2H3,(H,10,12). The quantitative estimate of drug-likeness (QED) is 0.742. The number of hydrogen-bond acceptors (Lipinski definition) is 4. The number of nitrogens with one attached hydrogen (secondary N) is 1. The van der Waals surface area contributed by atoms with E-state index in [0.717, 1.165) is 13.1 Å². The fourth-order valence-electron chi connectivity index (χ4n) is 1.61. The van der Waals surface area contributed by atoms with Gasteiger partial charge in [0.15, 0.2) is 0 Å². The Hall–Kier alpha value is -0.620. The minimum Gasteiger partial charge on any atom is -0.306 e. The van der Waals surface area contributed by atoms with Crippen molar-refractivity contribution in [2.24, 2.45) is 0 Å². The third-order valence-electron chi connectivity index (χ3n) is 2.68. The highest BCUT2D eigenvalue weighted by molar-refractivity contribution is 7.90. The molecule has 0 aromatic heterocycles. The van der Waals surface area contributed by atoms with Crippen LogP contribution in [0.15, 0.2) is 0 Å². The summed E-state index contributed by atoms with van der Waals surface area (Å²) in [6, 6.07) is 0. The number of piperidine rings is 1. The monoisotopic (exact) mass is 234 g/mol. The van der Waals surface area contributed by atoms with Gasteiger partial charge in [-0.3, -0.25) is 9.52 Å². The predicted molar refractivity (Wildman–Crippen MR) is 57.9 cm³/mol. The van der Waals surface area contributed by atoms with Gasteiger partial charge in [-0.05, 0) is 33.0 Å². The van der Waals surface area contributed by atoms with Crippen LogP contribution in [0, 0.1) is 0 Å². The second-order valence-electron chi connectivity index (χ2n) is 3.93. The first-order valence-corrected chi connectivity index (χ1v) is 6.73. The molecule has 1 N–H and O–H groups in total. The topological polar surface area (TPSA) is 66.5 Å². The van der Waals surface area contributed by atoms with Gasteiger partial charge in [-0.15, -0.1) is 0 Å². The lowest BCUT2D eigenvalue weighted by atomic mass is 10.1. The summed E-state index contributed by atoms with van der Waals surface area (Å²) in [5.41, 5.74) is 0.